The summed E-state index contributed by atoms with van der Waals surface area (Å²) in [6.45, 7) is 4.84. The number of rotatable bonds is 16. The lowest BCUT2D eigenvalue weighted by Gasteiger charge is -2.26. The highest BCUT2D eigenvalue weighted by Gasteiger charge is 2.17. The number of nitrogens with one attached hydrogen (secondary N) is 1. The van der Waals surface area contributed by atoms with Crippen LogP contribution in [0.2, 0.25) is 0 Å². The first kappa shape index (κ1) is 34.2. The molecule has 0 saturated heterocycles. The maximum atomic E-state index is 11.3. The minimum absolute atomic E-state index is 0. The molecule has 0 radical (unpaired) electrons. The van der Waals surface area contributed by atoms with Crippen LogP contribution in [0.4, 0.5) is 16.1 Å². The number of aliphatic hydroxyl groups excluding tert-OH is 2. The van der Waals surface area contributed by atoms with Crippen LogP contribution in [-0.2, 0) is 26.2 Å². The lowest BCUT2D eigenvalue weighted by atomic mass is 10.0. The Morgan fingerprint density at radius 1 is 0.717 bits per heavy atom. The van der Waals surface area contributed by atoms with Crippen molar-refractivity contribution in [1.29, 1.82) is 0 Å². The van der Waals surface area contributed by atoms with Gasteiger partial charge >= 0.3 is 0 Å². The van der Waals surface area contributed by atoms with E-state index in [-0.39, 0.29) is 11.3 Å². The predicted molar refractivity (Wildman–Crippen MR) is 183 cm³/mol. The molecule has 0 aliphatic heterocycles. The van der Waals surface area contributed by atoms with Crippen LogP contribution in [0.1, 0.15) is 40.8 Å². The summed E-state index contributed by atoms with van der Waals surface area (Å²) < 4.78 is 11.5. The number of ether oxygens (including phenoxy) is 2. The van der Waals surface area contributed by atoms with E-state index in [1.165, 1.54) is 11.1 Å². The Morgan fingerprint density at radius 2 is 1.35 bits per heavy atom. The van der Waals surface area contributed by atoms with Crippen molar-refractivity contribution >= 4 is 11.4 Å². The molecule has 0 aliphatic rings. The van der Waals surface area contributed by atoms with Gasteiger partial charge in [0.25, 0.3) is 0 Å². The van der Waals surface area contributed by atoms with E-state index in [0.717, 1.165) is 47.8 Å². The van der Waals surface area contributed by atoms with Gasteiger partial charge in [-0.15, -0.1) is 0 Å². The van der Waals surface area contributed by atoms with Gasteiger partial charge in [0.1, 0.15) is 18.1 Å². The average molecular weight is 623 g/mol. The van der Waals surface area contributed by atoms with Gasteiger partial charge in [0.05, 0.1) is 19.3 Å². The number of halogens is 1. The molecule has 0 heterocycles. The van der Waals surface area contributed by atoms with Gasteiger partial charge in [-0.05, 0) is 84.1 Å². The summed E-state index contributed by atoms with van der Waals surface area (Å²) in [6, 6.07) is 42.3. The van der Waals surface area contributed by atoms with Crippen LogP contribution >= 0.6 is 0 Å². The maximum absolute atomic E-state index is 11.3. The SMILES string of the molecule is CCOc1ccc(Nc2ccc(CCN(Cc3ccccc3)C[C@H](O)c3ccc(OCc4ccccc4)c(CO)c3)cc2)cc1.F. The molecule has 0 saturated carbocycles. The Bertz CT molecular complexity index is 1580. The second-order valence-electron chi connectivity index (χ2n) is 11.1. The Morgan fingerprint density at radius 3 is 1.98 bits per heavy atom. The molecule has 240 valence electrons. The highest BCUT2D eigenvalue weighted by atomic mass is 19.0. The van der Waals surface area contributed by atoms with Gasteiger partial charge in [-0.1, -0.05) is 78.9 Å². The van der Waals surface area contributed by atoms with Crippen molar-refractivity contribution in [1.82, 2.24) is 4.90 Å². The Kier molecular flexibility index (Phi) is 13.2. The van der Waals surface area contributed by atoms with Crippen LogP contribution in [-0.4, -0.2) is 34.8 Å². The number of hydrogen-bond donors (Lipinski definition) is 3. The zero-order valence-electron chi connectivity index (χ0n) is 26.2. The topological polar surface area (TPSA) is 74.2 Å². The summed E-state index contributed by atoms with van der Waals surface area (Å²) in [5, 5.41) is 24.8. The van der Waals surface area contributed by atoms with E-state index in [9.17, 15) is 10.2 Å². The molecule has 7 heteroatoms. The van der Waals surface area contributed by atoms with Crippen molar-refractivity contribution in [2.45, 2.75) is 39.2 Å². The highest BCUT2D eigenvalue weighted by molar-refractivity contribution is 5.60. The molecule has 1 atom stereocenters. The largest absolute Gasteiger partial charge is 0.494 e. The van der Waals surface area contributed by atoms with Crippen LogP contribution in [0.3, 0.4) is 0 Å². The fraction of sp³-hybridized carbons (Fsp3) is 0.231. The van der Waals surface area contributed by atoms with Gasteiger partial charge < -0.3 is 25.0 Å². The molecule has 3 N–H and O–H groups in total. The monoisotopic (exact) mass is 622 g/mol. The Hall–Kier alpha value is -4.69. The summed E-state index contributed by atoms with van der Waals surface area (Å²) in [4.78, 5) is 2.28. The maximum Gasteiger partial charge on any atom is 0.125 e. The number of anilines is 2. The van der Waals surface area contributed by atoms with Crippen LogP contribution in [0, 0.1) is 0 Å². The molecule has 0 fully saturated rings. The second-order valence-corrected chi connectivity index (χ2v) is 11.1. The molecule has 5 aromatic carbocycles. The summed E-state index contributed by atoms with van der Waals surface area (Å²) in [7, 11) is 0. The molecule has 0 bridgehead atoms. The summed E-state index contributed by atoms with van der Waals surface area (Å²) in [5.41, 5.74) is 6.93. The van der Waals surface area contributed by atoms with E-state index < -0.39 is 6.10 Å². The Balaban J connectivity index is 0.00000480. The van der Waals surface area contributed by atoms with Crippen LogP contribution in [0.15, 0.2) is 127 Å². The van der Waals surface area contributed by atoms with Crippen LogP contribution < -0.4 is 14.8 Å². The van der Waals surface area contributed by atoms with E-state index in [4.69, 9.17) is 9.47 Å². The Labute approximate surface area is 271 Å². The van der Waals surface area contributed by atoms with Crippen molar-refractivity contribution in [3.63, 3.8) is 0 Å². The van der Waals surface area contributed by atoms with Crippen molar-refractivity contribution in [2.24, 2.45) is 0 Å². The third-order valence-corrected chi connectivity index (χ3v) is 7.68. The highest BCUT2D eigenvalue weighted by Crippen LogP contribution is 2.26. The molecular weight excluding hydrogens is 579 g/mol. The molecule has 0 aromatic heterocycles. The minimum atomic E-state index is -0.720. The number of hydrogen-bond acceptors (Lipinski definition) is 6. The zero-order valence-corrected chi connectivity index (χ0v) is 26.2. The van der Waals surface area contributed by atoms with Crippen molar-refractivity contribution in [3.8, 4) is 11.5 Å². The van der Waals surface area contributed by atoms with Crippen molar-refractivity contribution in [2.75, 3.05) is 25.0 Å². The minimum Gasteiger partial charge on any atom is -0.494 e. The van der Waals surface area contributed by atoms with E-state index >= 15 is 0 Å². The second kappa shape index (κ2) is 17.7. The van der Waals surface area contributed by atoms with Gasteiger partial charge in [-0.3, -0.25) is 9.60 Å². The molecule has 0 amide bonds. The molecule has 5 aromatic rings. The predicted octanol–water partition coefficient (Wildman–Crippen LogP) is 7.83. The summed E-state index contributed by atoms with van der Waals surface area (Å²) >= 11 is 0. The smallest absolute Gasteiger partial charge is 0.125 e. The molecule has 5 rings (SSSR count). The molecule has 0 unspecified atom stereocenters. The van der Waals surface area contributed by atoms with Gasteiger partial charge in [-0.25, -0.2) is 0 Å². The summed E-state index contributed by atoms with van der Waals surface area (Å²) in [5.74, 6) is 1.49. The average Bonchev–Trinajstić information content (AvgIpc) is 3.08. The molecule has 0 spiro atoms. The van der Waals surface area contributed by atoms with Crippen LogP contribution in [0.5, 0.6) is 11.5 Å². The van der Waals surface area contributed by atoms with Crippen molar-refractivity contribution < 1.29 is 24.4 Å². The lowest BCUT2D eigenvalue weighted by Crippen LogP contribution is -2.30. The fourth-order valence-corrected chi connectivity index (χ4v) is 5.24. The molecule has 46 heavy (non-hydrogen) atoms. The van der Waals surface area contributed by atoms with Gasteiger partial charge in [0.15, 0.2) is 0 Å². The molecular formula is C39H43FN2O4. The number of aliphatic hydroxyl groups is 2. The third-order valence-electron chi connectivity index (χ3n) is 7.68. The quantitative estimate of drug-likeness (QED) is 0.104. The van der Waals surface area contributed by atoms with Crippen LogP contribution in [0.25, 0.3) is 0 Å². The standard InChI is InChI=1S/C39H42N2O4.FH/c1-2-44-37-20-18-36(19-21-37)40-35-16-13-30(14-17-35)23-24-41(26-31-9-5-3-6-10-31)27-38(43)33-15-22-39(34(25-33)28-42)45-29-32-11-7-4-8-12-32;/h3-22,25,38,40,42-43H,2,23-24,26-29H2,1H3;1H/t38-;/m0./s1. The molecule has 0 aliphatic carbocycles. The first-order valence-electron chi connectivity index (χ1n) is 15.5. The summed E-state index contributed by atoms with van der Waals surface area (Å²) in [6.07, 6.45) is 0.125. The third kappa shape index (κ3) is 10.2. The fourth-order valence-electron chi connectivity index (χ4n) is 5.24. The first-order chi connectivity index (χ1) is 22.1. The zero-order chi connectivity index (χ0) is 31.3. The molecule has 6 nitrogen and oxygen atoms in total. The number of benzene rings is 5. The van der Waals surface area contributed by atoms with Gasteiger partial charge in [0.2, 0.25) is 0 Å². The van der Waals surface area contributed by atoms with Crippen molar-refractivity contribution in [3.05, 3.63) is 155 Å². The number of nitrogens with zero attached hydrogens (tertiary/aromatic N) is 1. The van der Waals surface area contributed by atoms with E-state index in [1.807, 2.05) is 97.9 Å². The first-order valence-corrected chi connectivity index (χ1v) is 15.5. The normalized spacial score (nSPS) is 11.5. The van der Waals surface area contributed by atoms with E-state index in [2.05, 4.69) is 46.6 Å². The van der Waals surface area contributed by atoms with E-state index in [0.29, 0.717) is 31.1 Å². The lowest BCUT2D eigenvalue weighted by molar-refractivity contribution is 0.109. The van der Waals surface area contributed by atoms with Gasteiger partial charge in [0, 0.05) is 36.6 Å². The van der Waals surface area contributed by atoms with E-state index in [1.54, 1.807) is 0 Å². The van der Waals surface area contributed by atoms with Gasteiger partial charge in [-0.2, -0.15) is 0 Å².